The quantitative estimate of drug-likeness (QED) is 0.732. The van der Waals surface area contributed by atoms with E-state index in [0.29, 0.717) is 12.5 Å². The Labute approximate surface area is 158 Å². The van der Waals surface area contributed by atoms with Crippen molar-refractivity contribution in [3.63, 3.8) is 0 Å². The van der Waals surface area contributed by atoms with Crippen molar-refractivity contribution in [2.24, 2.45) is 13.0 Å². The van der Waals surface area contributed by atoms with Crippen molar-refractivity contribution >= 4 is 6.09 Å². The zero-order valence-corrected chi connectivity index (χ0v) is 17.5. The van der Waals surface area contributed by atoms with Crippen molar-refractivity contribution < 1.29 is 14.3 Å². The Morgan fingerprint density at radius 1 is 1.46 bits per heavy atom. The summed E-state index contributed by atoms with van der Waals surface area (Å²) in [4.78, 5) is 14.9. The predicted octanol–water partition coefficient (Wildman–Crippen LogP) is 4.75. The van der Waals surface area contributed by atoms with E-state index in [9.17, 15) is 4.79 Å². The molecule has 0 aliphatic carbocycles. The first-order valence-corrected chi connectivity index (χ1v) is 9.80. The minimum Gasteiger partial charge on any atom is -0.444 e. The molecule has 3 atom stereocenters. The van der Waals surface area contributed by atoms with E-state index in [2.05, 4.69) is 50.7 Å². The number of nitrogens with zero attached hydrogens (tertiary/aromatic N) is 2. The minimum absolute atomic E-state index is 0.210. The average molecular weight is 365 g/mol. The summed E-state index contributed by atoms with van der Waals surface area (Å²) in [6, 6.07) is 4.19. The van der Waals surface area contributed by atoms with Gasteiger partial charge in [0.25, 0.3) is 0 Å². The highest BCUT2D eigenvalue weighted by Gasteiger charge is 2.48. The molecule has 5 nitrogen and oxygen atoms in total. The van der Waals surface area contributed by atoms with E-state index in [0.717, 1.165) is 25.7 Å². The third-order valence-electron chi connectivity index (χ3n) is 5.32. The second-order valence-corrected chi connectivity index (χ2v) is 8.97. The lowest BCUT2D eigenvalue weighted by atomic mass is 9.93. The molecule has 1 aromatic rings. The Bertz CT molecular complexity index is 605. The van der Waals surface area contributed by atoms with Gasteiger partial charge < -0.3 is 14.0 Å². The Kier molecular flexibility index (Phi) is 6.43. The van der Waals surface area contributed by atoms with Gasteiger partial charge in [-0.1, -0.05) is 20.3 Å². The summed E-state index contributed by atoms with van der Waals surface area (Å²) in [5.74, 6) is 0.500. The topological polar surface area (TPSA) is 43.7 Å². The van der Waals surface area contributed by atoms with Crippen molar-refractivity contribution in [3.05, 3.63) is 24.0 Å². The van der Waals surface area contributed by atoms with Crippen molar-refractivity contribution in [2.45, 2.75) is 84.6 Å². The van der Waals surface area contributed by atoms with Crippen LogP contribution in [0.5, 0.6) is 0 Å². The fraction of sp³-hybridized carbons (Fsp3) is 0.762. The fourth-order valence-corrected chi connectivity index (χ4v) is 3.45. The van der Waals surface area contributed by atoms with Gasteiger partial charge in [-0.05, 0) is 65.0 Å². The van der Waals surface area contributed by atoms with Gasteiger partial charge in [0.1, 0.15) is 11.8 Å². The van der Waals surface area contributed by atoms with Gasteiger partial charge in [0.15, 0.2) is 0 Å². The maximum absolute atomic E-state index is 13.0. The van der Waals surface area contributed by atoms with Crippen LogP contribution in [0.3, 0.4) is 0 Å². The minimum atomic E-state index is -0.514. The molecule has 3 unspecified atom stereocenters. The van der Waals surface area contributed by atoms with Gasteiger partial charge in [0.05, 0.1) is 12.1 Å². The largest absolute Gasteiger partial charge is 0.444 e. The molecule has 2 heterocycles. The molecule has 26 heavy (non-hydrogen) atoms. The standard InChI is InChI=1S/C21H36N2O3/c1-8-16(2)14-18-23(19(24)26-20(3,4)5)21(6,15-25-18)12-11-17-10-9-13-22(17)7/h9-10,13,16,18H,8,11-12,14-15H2,1-7H3. The maximum Gasteiger partial charge on any atom is 0.412 e. The lowest BCUT2D eigenvalue weighted by Gasteiger charge is -2.38. The average Bonchev–Trinajstić information content (AvgIpc) is 3.07. The van der Waals surface area contributed by atoms with Crippen molar-refractivity contribution in [2.75, 3.05) is 6.61 Å². The van der Waals surface area contributed by atoms with Crippen LogP contribution in [0.2, 0.25) is 0 Å². The molecule has 0 aromatic carbocycles. The van der Waals surface area contributed by atoms with Crippen LogP contribution >= 0.6 is 0 Å². The molecule has 5 heteroatoms. The lowest BCUT2D eigenvalue weighted by molar-refractivity contribution is -0.0280. The molecule has 1 aromatic heterocycles. The zero-order chi connectivity index (χ0) is 19.5. The molecule has 148 valence electrons. The Balaban J connectivity index is 2.18. The van der Waals surface area contributed by atoms with Crippen molar-refractivity contribution in [1.82, 2.24) is 9.47 Å². The number of aromatic nitrogens is 1. The summed E-state index contributed by atoms with van der Waals surface area (Å²) < 4.78 is 14.0. The monoisotopic (exact) mass is 364 g/mol. The molecule has 2 rings (SSSR count). The molecule has 1 fully saturated rings. The first kappa shape index (κ1) is 20.8. The molecule has 0 bridgehead atoms. The van der Waals surface area contributed by atoms with E-state index in [1.165, 1.54) is 5.69 Å². The van der Waals surface area contributed by atoms with Gasteiger partial charge in [-0.15, -0.1) is 0 Å². The molecule has 0 spiro atoms. The van der Waals surface area contributed by atoms with Gasteiger partial charge in [0, 0.05) is 18.9 Å². The molecule has 1 aliphatic heterocycles. The number of hydrogen-bond acceptors (Lipinski definition) is 3. The number of carbonyl (C=O) groups is 1. The van der Waals surface area contributed by atoms with Crippen LogP contribution in [-0.2, 0) is 22.9 Å². The fourth-order valence-electron chi connectivity index (χ4n) is 3.45. The van der Waals surface area contributed by atoms with Crippen LogP contribution in [0, 0.1) is 5.92 Å². The van der Waals surface area contributed by atoms with E-state index in [1.54, 1.807) is 0 Å². The second-order valence-electron chi connectivity index (χ2n) is 8.97. The van der Waals surface area contributed by atoms with Gasteiger partial charge in [-0.3, -0.25) is 4.90 Å². The number of rotatable bonds is 6. The Morgan fingerprint density at radius 2 is 2.15 bits per heavy atom. The van der Waals surface area contributed by atoms with Crippen molar-refractivity contribution in [1.29, 1.82) is 0 Å². The van der Waals surface area contributed by atoms with Gasteiger partial charge in [-0.25, -0.2) is 4.79 Å². The highest BCUT2D eigenvalue weighted by Crippen LogP contribution is 2.36. The normalized spacial score (nSPS) is 24.7. The highest BCUT2D eigenvalue weighted by molar-refractivity contribution is 5.70. The number of carbonyl (C=O) groups excluding carboxylic acids is 1. The number of ether oxygens (including phenoxy) is 2. The molecule has 0 radical (unpaired) electrons. The van der Waals surface area contributed by atoms with Crippen LogP contribution in [0.4, 0.5) is 4.79 Å². The Morgan fingerprint density at radius 3 is 2.69 bits per heavy atom. The summed E-state index contributed by atoms with van der Waals surface area (Å²) in [5, 5.41) is 0. The molecular weight excluding hydrogens is 328 g/mol. The summed E-state index contributed by atoms with van der Waals surface area (Å²) in [5.41, 5.74) is 0.394. The van der Waals surface area contributed by atoms with Crippen LogP contribution in [-0.4, -0.2) is 39.5 Å². The van der Waals surface area contributed by atoms with Crippen LogP contribution in [0.25, 0.3) is 0 Å². The molecule has 1 amide bonds. The van der Waals surface area contributed by atoms with Gasteiger partial charge in [0.2, 0.25) is 0 Å². The third-order valence-corrected chi connectivity index (χ3v) is 5.32. The lowest BCUT2D eigenvalue weighted by Crippen LogP contribution is -2.52. The summed E-state index contributed by atoms with van der Waals surface area (Å²) in [6.07, 6.45) is 5.24. The SMILES string of the molecule is CCC(C)CC1OCC(C)(CCc2cccn2C)N1C(=O)OC(C)(C)C. The van der Waals surface area contributed by atoms with E-state index < -0.39 is 5.60 Å². The van der Waals surface area contributed by atoms with E-state index in [1.807, 2.05) is 25.7 Å². The zero-order valence-electron chi connectivity index (χ0n) is 17.5. The smallest absolute Gasteiger partial charge is 0.412 e. The predicted molar refractivity (Wildman–Crippen MR) is 104 cm³/mol. The van der Waals surface area contributed by atoms with Crippen LogP contribution in [0.1, 0.15) is 66.5 Å². The first-order valence-electron chi connectivity index (χ1n) is 9.80. The number of amides is 1. The molecule has 0 saturated carbocycles. The summed E-state index contributed by atoms with van der Waals surface area (Å²) in [6.45, 7) is 12.8. The van der Waals surface area contributed by atoms with Gasteiger partial charge >= 0.3 is 6.09 Å². The number of hydrogen-bond donors (Lipinski definition) is 0. The van der Waals surface area contributed by atoms with Crippen LogP contribution in [0.15, 0.2) is 18.3 Å². The molecule has 0 N–H and O–H groups in total. The van der Waals surface area contributed by atoms with Gasteiger partial charge in [-0.2, -0.15) is 0 Å². The highest BCUT2D eigenvalue weighted by atomic mass is 16.6. The maximum atomic E-state index is 13.0. The molecular formula is C21H36N2O3. The second kappa shape index (κ2) is 8.03. The third kappa shape index (κ3) is 5.03. The number of aryl methyl sites for hydroxylation is 2. The van der Waals surface area contributed by atoms with E-state index >= 15 is 0 Å². The molecule has 1 saturated heterocycles. The first-order chi connectivity index (χ1) is 12.1. The van der Waals surface area contributed by atoms with E-state index in [4.69, 9.17) is 9.47 Å². The van der Waals surface area contributed by atoms with E-state index in [-0.39, 0.29) is 17.9 Å². The van der Waals surface area contributed by atoms with Crippen LogP contribution < -0.4 is 0 Å². The Hall–Kier alpha value is -1.49. The molecule has 1 aliphatic rings. The summed E-state index contributed by atoms with van der Waals surface area (Å²) >= 11 is 0. The summed E-state index contributed by atoms with van der Waals surface area (Å²) in [7, 11) is 2.06. The van der Waals surface area contributed by atoms with Crippen molar-refractivity contribution in [3.8, 4) is 0 Å².